The summed E-state index contributed by atoms with van der Waals surface area (Å²) in [6, 6.07) is 15.2. The molecule has 0 unspecified atom stereocenters. The Balaban J connectivity index is 1.97. The van der Waals surface area contributed by atoms with Crippen LogP contribution in [0.15, 0.2) is 53.4 Å². The van der Waals surface area contributed by atoms with E-state index in [0.717, 1.165) is 21.7 Å². The Kier molecular flexibility index (Phi) is 8.21. The van der Waals surface area contributed by atoms with Gasteiger partial charge in [0.25, 0.3) is 0 Å². The lowest BCUT2D eigenvalue weighted by atomic mass is 10.1. The lowest BCUT2D eigenvalue weighted by Gasteiger charge is -2.15. The van der Waals surface area contributed by atoms with E-state index >= 15 is 0 Å². The van der Waals surface area contributed by atoms with Gasteiger partial charge in [-0.25, -0.2) is 0 Å². The molecule has 0 saturated carbocycles. The molecule has 0 aliphatic heterocycles. The third-order valence-electron chi connectivity index (χ3n) is 4.84. The van der Waals surface area contributed by atoms with Crippen molar-refractivity contribution in [3.63, 3.8) is 0 Å². The summed E-state index contributed by atoms with van der Waals surface area (Å²) in [7, 11) is 7.98. The number of ether oxygens (including phenoxy) is 5. The highest BCUT2D eigenvalue weighted by molar-refractivity contribution is 8.00. The summed E-state index contributed by atoms with van der Waals surface area (Å²) in [5, 5.41) is 0. The van der Waals surface area contributed by atoms with Gasteiger partial charge in [0.05, 0.1) is 41.2 Å². The summed E-state index contributed by atoms with van der Waals surface area (Å²) in [4.78, 5) is 0.990. The third kappa shape index (κ3) is 5.78. The number of nitrogens with one attached hydrogen (secondary N) is 1. The van der Waals surface area contributed by atoms with E-state index in [1.54, 1.807) is 35.5 Å². The first-order valence-corrected chi connectivity index (χ1v) is 10.9. The van der Waals surface area contributed by atoms with Crippen LogP contribution in [0.4, 0.5) is 11.4 Å². The van der Waals surface area contributed by atoms with E-state index in [0.29, 0.717) is 34.4 Å². The fourth-order valence-corrected chi connectivity index (χ4v) is 3.94. The first kappa shape index (κ1) is 24.0. The van der Waals surface area contributed by atoms with E-state index in [-0.39, 0.29) is 0 Å². The normalized spacial score (nSPS) is 10.7. The van der Waals surface area contributed by atoms with Gasteiger partial charge in [0.15, 0.2) is 23.0 Å². The van der Waals surface area contributed by atoms with E-state index < -0.39 is 0 Å². The van der Waals surface area contributed by atoms with Crippen LogP contribution in [0, 0.1) is 0 Å². The largest absolute Gasteiger partial charge is 0.493 e. The molecule has 0 bridgehead atoms. The number of methoxy groups -OCH3 is 5. The monoisotopic (exact) mass is 468 g/mol. The van der Waals surface area contributed by atoms with Gasteiger partial charge in [-0.15, -0.1) is 0 Å². The predicted octanol–water partition coefficient (Wildman–Crippen LogP) is 5.60. The molecular weight excluding hydrogens is 440 g/mol. The lowest BCUT2D eigenvalue weighted by Crippen LogP contribution is -1.96. The molecule has 0 amide bonds. The minimum Gasteiger partial charge on any atom is -0.493 e. The molecule has 0 radical (unpaired) electrons. The summed E-state index contributed by atoms with van der Waals surface area (Å²) in [5.74, 6) is 2.96. The third-order valence-corrected chi connectivity index (χ3v) is 5.65. The first-order valence-electron chi connectivity index (χ1n) is 10.1. The summed E-state index contributed by atoms with van der Waals surface area (Å²) >= 11 is 1.46. The zero-order valence-electron chi connectivity index (χ0n) is 19.3. The average molecular weight is 469 g/mol. The Labute approximate surface area is 198 Å². The first-order chi connectivity index (χ1) is 16.0. The highest BCUT2D eigenvalue weighted by atomic mass is 32.2. The van der Waals surface area contributed by atoms with E-state index in [1.807, 2.05) is 60.7 Å². The molecule has 33 heavy (non-hydrogen) atoms. The van der Waals surface area contributed by atoms with Crippen molar-refractivity contribution in [1.29, 1.82) is 0 Å². The van der Waals surface area contributed by atoms with Crippen LogP contribution in [0.5, 0.6) is 28.7 Å². The topological polar surface area (TPSA) is 84.2 Å². The fourth-order valence-electron chi connectivity index (χ4n) is 3.20. The second-order valence-electron chi connectivity index (χ2n) is 6.86. The quantitative estimate of drug-likeness (QED) is 0.226. The predicted molar refractivity (Wildman–Crippen MR) is 135 cm³/mol. The Morgan fingerprint density at radius 1 is 0.727 bits per heavy atom. The van der Waals surface area contributed by atoms with Crippen LogP contribution < -0.4 is 34.1 Å². The summed E-state index contributed by atoms with van der Waals surface area (Å²) in [6.45, 7) is 0. The maximum Gasteiger partial charge on any atom is 0.203 e. The Bertz CT molecular complexity index is 1110. The number of rotatable bonds is 10. The second-order valence-corrected chi connectivity index (χ2v) is 7.74. The van der Waals surface area contributed by atoms with Gasteiger partial charge in [-0.2, -0.15) is 0 Å². The van der Waals surface area contributed by atoms with Crippen molar-refractivity contribution >= 4 is 35.5 Å². The van der Waals surface area contributed by atoms with Gasteiger partial charge in [0.1, 0.15) is 0 Å². The minimum atomic E-state index is 0.546. The molecule has 0 fully saturated rings. The van der Waals surface area contributed by atoms with Crippen LogP contribution in [0.3, 0.4) is 0 Å². The van der Waals surface area contributed by atoms with Crippen molar-refractivity contribution in [3.05, 3.63) is 59.7 Å². The smallest absolute Gasteiger partial charge is 0.203 e. The molecule has 0 aromatic heterocycles. The van der Waals surface area contributed by atoms with Crippen molar-refractivity contribution in [2.75, 3.05) is 46.0 Å². The van der Waals surface area contributed by atoms with Gasteiger partial charge in [0, 0.05) is 22.2 Å². The molecule has 0 aliphatic rings. The summed E-state index contributed by atoms with van der Waals surface area (Å²) in [6.07, 6.45) is 3.94. The summed E-state index contributed by atoms with van der Waals surface area (Å²) in [5.41, 5.74) is 9.24. The maximum absolute atomic E-state index is 5.90. The van der Waals surface area contributed by atoms with Gasteiger partial charge >= 0.3 is 0 Å². The van der Waals surface area contributed by atoms with Gasteiger partial charge in [-0.05, 0) is 53.9 Å². The molecule has 3 aromatic rings. The summed E-state index contributed by atoms with van der Waals surface area (Å²) < 4.78 is 30.7. The molecule has 3 rings (SSSR count). The molecule has 3 N–H and O–H groups in total. The zero-order chi connectivity index (χ0) is 23.8. The van der Waals surface area contributed by atoms with Crippen LogP contribution in [-0.2, 0) is 0 Å². The van der Waals surface area contributed by atoms with Crippen molar-refractivity contribution in [2.24, 2.45) is 0 Å². The van der Waals surface area contributed by atoms with Crippen LogP contribution in [-0.4, -0.2) is 35.5 Å². The fraction of sp³-hybridized carbons (Fsp3) is 0.200. The second kappa shape index (κ2) is 11.3. The van der Waals surface area contributed by atoms with Crippen molar-refractivity contribution in [2.45, 2.75) is 4.90 Å². The van der Waals surface area contributed by atoms with Crippen molar-refractivity contribution in [3.8, 4) is 28.7 Å². The number of nitrogens with two attached hydrogens (primary N) is 1. The van der Waals surface area contributed by atoms with Gasteiger partial charge in [-0.1, -0.05) is 18.2 Å². The van der Waals surface area contributed by atoms with Crippen molar-refractivity contribution < 1.29 is 23.7 Å². The number of anilines is 2. The number of hydrogen-bond acceptors (Lipinski definition) is 8. The van der Waals surface area contributed by atoms with E-state index in [1.165, 1.54) is 11.9 Å². The molecule has 0 aliphatic carbocycles. The Morgan fingerprint density at radius 2 is 1.36 bits per heavy atom. The van der Waals surface area contributed by atoms with Gasteiger partial charge in [0.2, 0.25) is 5.75 Å². The number of hydrogen-bond donors (Lipinski definition) is 2. The Morgan fingerprint density at radius 3 is 1.94 bits per heavy atom. The SMILES string of the molecule is COc1cc(/C=C\c2cc(OC)c(OC)c(OC)c2)c(NSc2cccc(N)c2)cc1OC. The highest BCUT2D eigenvalue weighted by Crippen LogP contribution is 2.40. The van der Waals surface area contributed by atoms with Crippen molar-refractivity contribution in [1.82, 2.24) is 0 Å². The highest BCUT2D eigenvalue weighted by Gasteiger charge is 2.13. The maximum atomic E-state index is 5.90. The van der Waals surface area contributed by atoms with Crippen LogP contribution in [0.1, 0.15) is 11.1 Å². The van der Waals surface area contributed by atoms with Gasteiger partial charge in [-0.3, -0.25) is 0 Å². The molecule has 7 nitrogen and oxygen atoms in total. The molecule has 0 saturated heterocycles. The molecule has 0 spiro atoms. The van der Waals surface area contributed by atoms with E-state index in [4.69, 9.17) is 29.4 Å². The standard InChI is InChI=1S/C25H28N2O5S/c1-28-21-13-17(10-9-16-11-23(30-3)25(32-5)24(12-16)31-4)20(15-22(21)29-2)27-33-19-8-6-7-18(26)14-19/h6-15,27H,26H2,1-5H3/b10-9-. The zero-order valence-corrected chi connectivity index (χ0v) is 20.1. The lowest BCUT2D eigenvalue weighted by molar-refractivity contribution is 0.324. The molecule has 0 heterocycles. The van der Waals surface area contributed by atoms with Crippen LogP contribution in [0.25, 0.3) is 12.2 Å². The minimum absolute atomic E-state index is 0.546. The number of nitrogen functional groups attached to an aromatic ring is 1. The number of benzene rings is 3. The molecule has 8 heteroatoms. The Hall–Kier alpha value is -3.65. The molecule has 0 atom stereocenters. The molecular formula is C25H28N2O5S. The molecule has 174 valence electrons. The average Bonchev–Trinajstić information content (AvgIpc) is 2.85. The van der Waals surface area contributed by atoms with Crippen LogP contribution >= 0.6 is 11.9 Å². The van der Waals surface area contributed by atoms with E-state index in [9.17, 15) is 0 Å². The molecule has 3 aromatic carbocycles. The van der Waals surface area contributed by atoms with Crippen LogP contribution in [0.2, 0.25) is 0 Å². The van der Waals surface area contributed by atoms with E-state index in [2.05, 4.69) is 4.72 Å². The van der Waals surface area contributed by atoms with Gasteiger partial charge < -0.3 is 34.1 Å².